The smallest absolute Gasteiger partial charge is 0.237 e. The lowest BCUT2D eigenvalue weighted by Crippen LogP contribution is -2.42. The molecule has 0 bridgehead atoms. The van der Waals surface area contributed by atoms with Crippen molar-refractivity contribution in [1.82, 2.24) is 10.6 Å². The van der Waals surface area contributed by atoms with Crippen molar-refractivity contribution in [2.24, 2.45) is 5.92 Å². The zero-order valence-corrected chi connectivity index (χ0v) is 13.0. The third-order valence-electron chi connectivity index (χ3n) is 4.68. The third kappa shape index (κ3) is 3.07. The maximum absolute atomic E-state index is 12.3. The molecule has 1 aliphatic heterocycles. The number of thiophene rings is 1. The first kappa shape index (κ1) is 14.1. The van der Waals surface area contributed by atoms with Crippen LogP contribution in [0.2, 0.25) is 0 Å². The number of nitrogens with one attached hydrogen (secondary N) is 2. The zero-order chi connectivity index (χ0) is 13.9. The zero-order valence-electron chi connectivity index (χ0n) is 12.2. The van der Waals surface area contributed by atoms with Gasteiger partial charge in [-0.15, -0.1) is 11.3 Å². The second-order valence-corrected chi connectivity index (χ2v) is 7.30. The molecular formula is C16H24N2OS. The Labute approximate surface area is 125 Å². The molecule has 3 atom stereocenters. The van der Waals surface area contributed by atoms with E-state index >= 15 is 0 Å². The lowest BCUT2D eigenvalue weighted by Gasteiger charge is -2.24. The Hall–Kier alpha value is -0.870. The molecule has 2 fully saturated rings. The predicted octanol–water partition coefficient (Wildman–Crippen LogP) is 2.85. The highest BCUT2D eigenvalue weighted by atomic mass is 32.1. The van der Waals surface area contributed by atoms with Crippen molar-refractivity contribution in [2.75, 3.05) is 0 Å². The molecule has 1 amide bonds. The molecule has 2 N–H and O–H groups in total. The van der Waals surface area contributed by atoms with Crippen molar-refractivity contribution in [1.29, 1.82) is 0 Å². The summed E-state index contributed by atoms with van der Waals surface area (Å²) < 4.78 is 0. The van der Waals surface area contributed by atoms with Crippen molar-refractivity contribution in [3.63, 3.8) is 0 Å². The van der Waals surface area contributed by atoms with Gasteiger partial charge in [-0.3, -0.25) is 4.79 Å². The Bertz CT molecular complexity index is 457. The molecular weight excluding hydrogens is 268 g/mol. The van der Waals surface area contributed by atoms with Gasteiger partial charge < -0.3 is 10.6 Å². The second kappa shape index (κ2) is 6.27. The highest BCUT2D eigenvalue weighted by Gasteiger charge is 2.37. The topological polar surface area (TPSA) is 41.1 Å². The lowest BCUT2D eigenvalue weighted by atomic mass is 9.85. The number of fused-ring (bicyclic) bond motifs is 1. The van der Waals surface area contributed by atoms with Crippen LogP contribution in [-0.4, -0.2) is 18.0 Å². The molecule has 0 radical (unpaired) electrons. The maximum Gasteiger partial charge on any atom is 0.237 e. The number of carbonyl (C=O) groups is 1. The average Bonchev–Trinajstić information content (AvgIpc) is 3.10. The van der Waals surface area contributed by atoms with Crippen LogP contribution in [0, 0.1) is 5.92 Å². The van der Waals surface area contributed by atoms with Gasteiger partial charge in [-0.1, -0.05) is 19.8 Å². The number of rotatable bonds is 4. The van der Waals surface area contributed by atoms with Crippen LogP contribution in [0.25, 0.3) is 0 Å². The minimum Gasteiger partial charge on any atom is -0.350 e. The van der Waals surface area contributed by atoms with Crippen molar-refractivity contribution in [3.8, 4) is 0 Å². The molecule has 0 spiro atoms. The van der Waals surface area contributed by atoms with Crippen LogP contribution in [0.3, 0.4) is 0 Å². The Kier molecular flexibility index (Phi) is 4.41. The molecule has 3 rings (SSSR count). The second-order valence-electron chi connectivity index (χ2n) is 6.05. The van der Waals surface area contributed by atoms with E-state index in [1.807, 2.05) is 0 Å². The van der Waals surface area contributed by atoms with Crippen LogP contribution in [0.5, 0.6) is 0 Å². The average molecular weight is 292 g/mol. The standard InChI is InChI=1S/C16H24N2OS/c1-2-12-7-8-13(20-12)10-17-16(19)15-9-11-5-3-4-6-14(11)18-15/h7-8,11,14-15,18H,2-6,9-10H2,1H3,(H,17,19). The van der Waals surface area contributed by atoms with Gasteiger partial charge in [0.25, 0.3) is 0 Å². The van der Waals surface area contributed by atoms with Crippen molar-refractivity contribution in [2.45, 2.75) is 64.1 Å². The first-order valence-corrected chi connectivity index (χ1v) is 8.69. The SMILES string of the molecule is CCc1ccc(CNC(=O)C2CC3CCCCC3N2)s1. The predicted molar refractivity (Wildman–Crippen MR) is 82.8 cm³/mol. The highest BCUT2D eigenvalue weighted by Crippen LogP contribution is 2.33. The fourth-order valence-electron chi connectivity index (χ4n) is 3.53. The molecule has 2 aliphatic rings. The first-order valence-electron chi connectivity index (χ1n) is 7.87. The summed E-state index contributed by atoms with van der Waals surface area (Å²) >= 11 is 1.80. The van der Waals surface area contributed by atoms with E-state index in [-0.39, 0.29) is 11.9 Å². The van der Waals surface area contributed by atoms with Gasteiger partial charge in [-0.2, -0.15) is 0 Å². The molecule has 1 saturated heterocycles. The minimum atomic E-state index is 0.0358. The number of aryl methyl sites for hydroxylation is 1. The van der Waals surface area contributed by atoms with Crippen molar-refractivity contribution in [3.05, 3.63) is 21.9 Å². The van der Waals surface area contributed by atoms with Gasteiger partial charge in [0.15, 0.2) is 0 Å². The molecule has 4 heteroatoms. The Morgan fingerprint density at radius 1 is 1.35 bits per heavy atom. The summed E-state index contributed by atoms with van der Waals surface area (Å²) in [6, 6.07) is 4.92. The quantitative estimate of drug-likeness (QED) is 0.896. The molecule has 0 aromatic carbocycles. The van der Waals surface area contributed by atoms with Crippen LogP contribution in [0.4, 0.5) is 0 Å². The van der Waals surface area contributed by atoms with E-state index in [9.17, 15) is 4.79 Å². The van der Waals surface area contributed by atoms with Crippen LogP contribution in [-0.2, 0) is 17.8 Å². The Morgan fingerprint density at radius 2 is 2.15 bits per heavy atom. The van der Waals surface area contributed by atoms with E-state index in [2.05, 4.69) is 29.7 Å². The van der Waals surface area contributed by atoms with E-state index in [1.54, 1.807) is 11.3 Å². The molecule has 1 aromatic rings. The van der Waals surface area contributed by atoms with E-state index in [0.29, 0.717) is 12.6 Å². The molecule has 3 nitrogen and oxygen atoms in total. The van der Waals surface area contributed by atoms with Gasteiger partial charge in [-0.25, -0.2) is 0 Å². The molecule has 1 aliphatic carbocycles. The van der Waals surface area contributed by atoms with Gasteiger partial charge in [0.2, 0.25) is 5.91 Å². The molecule has 2 heterocycles. The first-order chi connectivity index (χ1) is 9.76. The van der Waals surface area contributed by atoms with E-state index in [1.165, 1.54) is 35.4 Å². The van der Waals surface area contributed by atoms with Crippen LogP contribution >= 0.6 is 11.3 Å². The Morgan fingerprint density at radius 3 is 2.90 bits per heavy atom. The highest BCUT2D eigenvalue weighted by molar-refractivity contribution is 7.11. The summed E-state index contributed by atoms with van der Waals surface area (Å²) in [5, 5.41) is 6.63. The molecule has 1 aromatic heterocycles. The lowest BCUT2D eigenvalue weighted by molar-refractivity contribution is -0.123. The van der Waals surface area contributed by atoms with Crippen LogP contribution < -0.4 is 10.6 Å². The fourth-order valence-corrected chi connectivity index (χ4v) is 4.42. The van der Waals surface area contributed by atoms with Gasteiger partial charge >= 0.3 is 0 Å². The van der Waals surface area contributed by atoms with Crippen LogP contribution in [0.1, 0.15) is 48.8 Å². The summed E-state index contributed by atoms with van der Waals surface area (Å²) in [5.41, 5.74) is 0. The van der Waals surface area contributed by atoms with Gasteiger partial charge in [0.1, 0.15) is 0 Å². The van der Waals surface area contributed by atoms with E-state index in [0.717, 1.165) is 18.8 Å². The van der Waals surface area contributed by atoms with Gasteiger partial charge in [-0.05, 0) is 43.7 Å². The normalized spacial score (nSPS) is 29.1. The molecule has 110 valence electrons. The summed E-state index contributed by atoms with van der Waals surface area (Å²) in [6.07, 6.45) is 7.31. The molecule has 20 heavy (non-hydrogen) atoms. The number of hydrogen-bond acceptors (Lipinski definition) is 3. The number of amides is 1. The summed E-state index contributed by atoms with van der Waals surface area (Å²) in [5.74, 6) is 0.916. The minimum absolute atomic E-state index is 0.0358. The molecule has 3 unspecified atom stereocenters. The van der Waals surface area contributed by atoms with E-state index < -0.39 is 0 Å². The largest absolute Gasteiger partial charge is 0.350 e. The third-order valence-corrected chi connectivity index (χ3v) is 5.91. The number of hydrogen-bond donors (Lipinski definition) is 2. The van der Waals surface area contributed by atoms with Gasteiger partial charge in [0, 0.05) is 15.8 Å². The summed E-state index contributed by atoms with van der Waals surface area (Å²) in [7, 11) is 0. The number of carbonyl (C=O) groups excluding carboxylic acids is 1. The maximum atomic E-state index is 12.3. The van der Waals surface area contributed by atoms with Crippen molar-refractivity contribution < 1.29 is 4.79 Å². The summed E-state index contributed by atoms with van der Waals surface area (Å²) in [4.78, 5) is 14.9. The van der Waals surface area contributed by atoms with E-state index in [4.69, 9.17) is 0 Å². The van der Waals surface area contributed by atoms with Gasteiger partial charge in [0.05, 0.1) is 12.6 Å². The monoisotopic (exact) mass is 292 g/mol. The summed E-state index contributed by atoms with van der Waals surface area (Å²) in [6.45, 7) is 2.84. The molecule has 1 saturated carbocycles. The fraction of sp³-hybridized carbons (Fsp3) is 0.688. The van der Waals surface area contributed by atoms with Crippen molar-refractivity contribution >= 4 is 17.2 Å². The van der Waals surface area contributed by atoms with Crippen LogP contribution in [0.15, 0.2) is 12.1 Å². The Balaban J connectivity index is 1.49.